The van der Waals surface area contributed by atoms with Crippen LogP contribution in [0.4, 0.5) is 0 Å². The Balaban J connectivity index is -0.000000134. The molecule has 24 nitrogen and oxygen atoms in total. The van der Waals surface area contributed by atoms with Gasteiger partial charge in [0.25, 0.3) is 5.95 Å². The average molecular weight is 1460 g/mol. The van der Waals surface area contributed by atoms with Gasteiger partial charge in [-0.3, -0.25) is 43.2 Å². The van der Waals surface area contributed by atoms with E-state index in [4.69, 9.17) is 47.4 Å². The highest BCUT2D eigenvalue weighted by Crippen LogP contribution is 2.33. The summed E-state index contributed by atoms with van der Waals surface area (Å²) in [5.41, 5.74) is -3.22. The number of methoxy groups -OCH3 is 3. The molecule has 0 saturated heterocycles. The highest BCUT2D eigenvalue weighted by molar-refractivity contribution is 5.78. The second kappa shape index (κ2) is 53.1. The van der Waals surface area contributed by atoms with Crippen molar-refractivity contribution in [2.75, 3.05) is 67.6 Å². The Morgan fingerprint density at radius 2 is 0.614 bits per heavy atom. The molecule has 24 heteroatoms. The molecule has 0 saturated carbocycles. The molecule has 0 aliphatic carbocycles. The van der Waals surface area contributed by atoms with E-state index in [1.165, 1.54) is 14.2 Å². The minimum Gasteiger partial charge on any atom is -0.469 e. The Kier molecular flexibility index (Phi) is 59.3. The number of allylic oxidation sites excluding steroid dienone is 2. The van der Waals surface area contributed by atoms with E-state index in [0.717, 1.165) is 24.4 Å². The lowest BCUT2D eigenvalue weighted by molar-refractivity contribution is -0.155. The lowest BCUT2D eigenvalue weighted by atomic mass is 9.91. The number of ether oxygens (including phenoxy) is 12. The highest BCUT2D eigenvalue weighted by atomic mass is 16.7. The quantitative estimate of drug-likeness (QED) is 0.107. The fourth-order valence-corrected chi connectivity index (χ4v) is 4.80. The maximum Gasteiger partial charge on any atom is 0.519 e. The number of rotatable bonds is 12. The number of hydrogen-bond acceptors (Lipinski definition) is 24. The van der Waals surface area contributed by atoms with Crippen molar-refractivity contribution in [3.05, 3.63) is 46.2 Å². The van der Waals surface area contributed by atoms with Gasteiger partial charge in [-0.25, -0.2) is 4.79 Å². The Labute approximate surface area is 611 Å². The van der Waals surface area contributed by atoms with Crippen LogP contribution in [0.2, 0.25) is 0 Å². The second-order valence-corrected chi connectivity index (χ2v) is 32.7. The fraction of sp³-hybridized carbons (Fsp3) is 0.792. The number of aryl methyl sites for hydroxylation is 1. The molecule has 1 aromatic heterocycles. The molecule has 0 amide bonds. The van der Waals surface area contributed by atoms with Crippen LogP contribution in [-0.2, 0) is 107 Å². The van der Waals surface area contributed by atoms with Gasteiger partial charge in [0.05, 0.1) is 103 Å². The van der Waals surface area contributed by atoms with Crippen molar-refractivity contribution in [1.29, 1.82) is 0 Å². The van der Waals surface area contributed by atoms with Gasteiger partial charge in [-0.15, -0.1) is 0 Å². The zero-order valence-electron chi connectivity index (χ0n) is 70.1. The summed E-state index contributed by atoms with van der Waals surface area (Å²) in [4.78, 5) is 109. The summed E-state index contributed by atoms with van der Waals surface area (Å²) in [7, 11) is 4.37. The molecule has 0 unspecified atom stereocenters. The highest BCUT2D eigenvalue weighted by Gasteiger charge is 2.29. The first kappa shape index (κ1) is 113. The van der Waals surface area contributed by atoms with Crippen LogP contribution in [-0.4, -0.2) is 121 Å². The number of esters is 9. The Morgan fingerprint density at radius 1 is 0.356 bits per heavy atom. The molecule has 0 fully saturated rings. The summed E-state index contributed by atoms with van der Waals surface area (Å²) < 4.78 is 67.3. The van der Waals surface area contributed by atoms with Crippen molar-refractivity contribution in [3.63, 3.8) is 0 Å². The van der Waals surface area contributed by atoms with E-state index in [1.54, 1.807) is 34.8 Å². The molecule has 2 rings (SSSR count). The molecule has 0 spiro atoms. The van der Waals surface area contributed by atoms with Crippen molar-refractivity contribution < 1.29 is 109 Å². The van der Waals surface area contributed by atoms with Crippen LogP contribution in [0, 0.1) is 61.1 Å². The van der Waals surface area contributed by atoms with Gasteiger partial charge in [0.15, 0.2) is 18.1 Å². The zero-order valence-corrected chi connectivity index (χ0v) is 70.1. The SMILES string of the molecule is C.C=C1OC(C)=C(CC(C)(C)C)O1.CCCOC(=O)C(C)(C)C.CCOC(=O)C(C)(C)C.CCOC(=O)C(C)(C)C.CCOC(=O)C(C)(C)C.CCOC(=O)C(C)(C)C.COC(=O)C(C)(C)C.COC(=O)C(C)(C)C.COCCOC(=O)C(C)(C)C.Cc1oc(=O)oc1COC(=O)C(C)(C)C. The van der Waals surface area contributed by atoms with Crippen LogP contribution in [0.25, 0.3) is 0 Å². The van der Waals surface area contributed by atoms with Crippen molar-refractivity contribution in [2.24, 2.45) is 54.1 Å². The standard InChI is InChI=1S/C10H14O5.C10H16O2.C8H16O3.C8H16O2.4C7H14O2.2C6H12O2.CH4/c1-6-7(15-9(12)14-6)5-13-8(11)10(2,3)4;1-7-9(6-10(3,4)5)12-8(2)11-7;1-8(2,3)7(9)11-6-5-10-4;1-5-6-10-7(9)8(2,3)4;4*1-5-9-6(8)7(2,3)4;2*1-6(2,3)5(7)8-4;/h5H2,1-4H3;2,6H2,1,3-5H3;5-6H2,1-4H3;5-6H2,1-4H3;4*5H2,1-4H3;2*1-4H3;1H4. The van der Waals surface area contributed by atoms with E-state index >= 15 is 0 Å². The predicted molar refractivity (Wildman–Crippen MR) is 396 cm³/mol. The summed E-state index contributed by atoms with van der Waals surface area (Å²) in [6.45, 7) is 75.1. The number of carbonyl (C=O) groups excluding carboxylic acids is 9. The molecule has 0 N–H and O–H groups in total. The van der Waals surface area contributed by atoms with Crippen molar-refractivity contribution in [3.8, 4) is 0 Å². The van der Waals surface area contributed by atoms with E-state index in [1.807, 2.05) is 208 Å². The molecule has 1 aliphatic rings. The first-order chi connectivity index (χ1) is 44.5. The molecule has 598 valence electrons. The van der Waals surface area contributed by atoms with Crippen LogP contribution in [0.5, 0.6) is 0 Å². The molecule has 0 aromatic carbocycles. The van der Waals surface area contributed by atoms with Crippen LogP contribution in [0.1, 0.15) is 281 Å². The monoisotopic (exact) mass is 1460 g/mol. The van der Waals surface area contributed by atoms with Gasteiger partial charge >= 0.3 is 59.5 Å². The van der Waals surface area contributed by atoms with Gasteiger partial charge in [-0.2, -0.15) is 0 Å². The van der Waals surface area contributed by atoms with E-state index in [0.29, 0.717) is 58.0 Å². The number of carbonyl (C=O) groups is 9. The van der Waals surface area contributed by atoms with Gasteiger partial charge in [-0.1, -0.05) is 35.1 Å². The summed E-state index contributed by atoms with van der Waals surface area (Å²) in [6.07, 6.45) is 1.78. The Bertz CT molecular complexity index is 2460. The van der Waals surface area contributed by atoms with E-state index in [2.05, 4.69) is 45.7 Å². The summed E-state index contributed by atoms with van der Waals surface area (Å²) in [5.74, 6) is 0.414. The van der Waals surface area contributed by atoms with E-state index in [-0.39, 0.29) is 117 Å². The zero-order chi connectivity index (χ0) is 81.6. The maximum atomic E-state index is 11.4. The van der Waals surface area contributed by atoms with Gasteiger partial charge in [0, 0.05) is 13.5 Å². The third kappa shape index (κ3) is 68.8. The minimum atomic E-state index is -0.783. The summed E-state index contributed by atoms with van der Waals surface area (Å²) in [6, 6.07) is 0. The summed E-state index contributed by atoms with van der Waals surface area (Å²) in [5, 5.41) is 0. The maximum absolute atomic E-state index is 11.4. The van der Waals surface area contributed by atoms with Crippen LogP contribution < -0.4 is 5.82 Å². The van der Waals surface area contributed by atoms with Crippen molar-refractivity contribution >= 4 is 53.7 Å². The molecule has 0 bridgehead atoms. The smallest absolute Gasteiger partial charge is 0.469 e. The molecule has 1 aliphatic heterocycles. The lowest BCUT2D eigenvalue weighted by Crippen LogP contribution is -2.24. The molecular formula is C77H146O24. The van der Waals surface area contributed by atoms with E-state index in [9.17, 15) is 47.9 Å². The van der Waals surface area contributed by atoms with Gasteiger partial charge in [0.1, 0.15) is 18.1 Å². The molecule has 0 radical (unpaired) electrons. The van der Waals surface area contributed by atoms with Crippen molar-refractivity contribution in [1.82, 2.24) is 0 Å². The first-order valence-electron chi connectivity index (χ1n) is 33.7. The normalized spacial score (nSPS) is 11.9. The third-order valence-corrected chi connectivity index (χ3v) is 10.7. The second-order valence-electron chi connectivity index (χ2n) is 32.7. The first-order valence-corrected chi connectivity index (χ1v) is 33.7. The lowest BCUT2D eigenvalue weighted by Gasteiger charge is -2.17. The molecule has 101 heavy (non-hydrogen) atoms. The Hall–Kier alpha value is -6.72. The third-order valence-electron chi connectivity index (χ3n) is 10.7. The van der Waals surface area contributed by atoms with Gasteiger partial charge < -0.3 is 65.7 Å². The average Bonchev–Trinajstić information content (AvgIpc) is 1.74. The summed E-state index contributed by atoms with van der Waals surface area (Å²) >= 11 is 0. The van der Waals surface area contributed by atoms with Gasteiger partial charge in [0.2, 0.25) is 0 Å². The minimum absolute atomic E-state index is 0. The van der Waals surface area contributed by atoms with Gasteiger partial charge in [-0.05, 0) is 247 Å². The number of hydrogen-bond donors (Lipinski definition) is 0. The van der Waals surface area contributed by atoms with E-state index < -0.39 is 16.7 Å². The predicted octanol–water partition coefficient (Wildman–Crippen LogP) is 17.4. The van der Waals surface area contributed by atoms with Crippen LogP contribution in [0.3, 0.4) is 0 Å². The Morgan fingerprint density at radius 3 is 0.782 bits per heavy atom. The molecule has 0 atom stereocenters. The molecular weight excluding hydrogens is 1310 g/mol. The topological polar surface area (TPSA) is 308 Å². The molecule has 1 aromatic rings. The molecule has 2 heterocycles. The van der Waals surface area contributed by atoms with Crippen LogP contribution in [0.15, 0.2) is 37.7 Å². The largest absolute Gasteiger partial charge is 0.519 e. The van der Waals surface area contributed by atoms with Crippen molar-refractivity contribution in [2.45, 2.75) is 283 Å². The fourth-order valence-electron chi connectivity index (χ4n) is 4.80. The van der Waals surface area contributed by atoms with Crippen LogP contribution >= 0.6 is 0 Å².